The highest BCUT2D eigenvalue weighted by atomic mass is 35.5. The molecule has 1 aromatic carbocycles. The number of ether oxygens (including phenoxy) is 1. The van der Waals surface area contributed by atoms with Crippen molar-refractivity contribution in [2.75, 3.05) is 12.4 Å². The van der Waals surface area contributed by atoms with E-state index in [0.717, 1.165) is 16.7 Å². The third kappa shape index (κ3) is 3.06. The molecule has 3 aromatic rings. The van der Waals surface area contributed by atoms with Gasteiger partial charge in [-0.15, -0.1) is 0 Å². The minimum Gasteiger partial charge on any atom is -0.465 e. The van der Waals surface area contributed by atoms with Gasteiger partial charge in [-0.05, 0) is 31.2 Å². The summed E-state index contributed by atoms with van der Waals surface area (Å²) in [6.45, 7) is 1.67. The van der Waals surface area contributed by atoms with Crippen molar-refractivity contribution in [3.63, 3.8) is 0 Å². The van der Waals surface area contributed by atoms with Gasteiger partial charge in [0.1, 0.15) is 10.5 Å². The van der Waals surface area contributed by atoms with Gasteiger partial charge in [0.25, 0.3) is 5.91 Å². The largest absolute Gasteiger partial charge is 0.465 e. The van der Waals surface area contributed by atoms with E-state index in [1.165, 1.54) is 7.11 Å². The zero-order chi connectivity index (χ0) is 16.6. The number of anilines is 1. The van der Waals surface area contributed by atoms with Crippen LogP contribution in [0.4, 0.5) is 5.13 Å². The first-order valence-electron chi connectivity index (χ1n) is 6.54. The van der Waals surface area contributed by atoms with E-state index in [1.54, 1.807) is 31.2 Å². The number of methoxy groups -OCH3 is 1. The summed E-state index contributed by atoms with van der Waals surface area (Å²) in [5.41, 5.74) is 1.05. The van der Waals surface area contributed by atoms with E-state index < -0.39 is 11.9 Å². The van der Waals surface area contributed by atoms with E-state index in [9.17, 15) is 9.59 Å². The summed E-state index contributed by atoms with van der Waals surface area (Å²) in [6, 6.07) is 6.68. The lowest BCUT2D eigenvalue weighted by Crippen LogP contribution is -2.10. The number of benzene rings is 1. The number of carbonyl (C=O) groups excluding carboxylic acids is 2. The second-order valence-electron chi connectivity index (χ2n) is 4.67. The molecule has 118 valence electrons. The Morgan fingerprint density at radius 1 is 1.35 bits per heavy atom. The number of esters is 1. The van der Waals surface area contributed by atoms with Crippen LogP contribution in [-0.4, -0.2) is 24.0 Å². The van der Waals surface area contributed by atoms with Gasteiger partial charge < -0.3 is 9.15 Å². The molecular formula is C15H11ClN2O4S. The van der Waals surface area contributed by atoms with Gasteiger partial charge in [-0.2, -0.15) is 0 Å². The van der Waals surface area contributed by atoms with Crippen LogP contribution in [0.1, 0.15) is 25.9 Å². The lowest BCUT2D eigenvalue weighted by atomic mass is 10.2. The maximum atomic E-state index is 12.2. The van der Waals surface area contributed by atoms with Crippen LogP contribution >= 0.6 is 22.9 Å². The van der Waals surface area contributed by atoms with Crippen LogP contribution < -0.4 is 5.32 Å². The number of nitrogens with one attached hydrogen (secondary N) is 1. The van der Waals surface area contributed by atoms with Crippen molar-refractivity contribution in [1.29, 1.82) is 0 Å². The van der Waals surface area contributed by atoms with Crippen LogP contribution in [0.25, 0.3) is 11.0 Å². The predicted octanol–water partition coefficient (Wildman–Crippen LogP) is 3.89. The summed E-state index contributed by atoms with van der Waals surface area (Å²) in [6.07, 6.45) is 0. The van der Waals surface area contributed by atoms with Crippen LogP contribution in [-0.2, 0) is 4.74 Å². The number of thiazole rings is 1. The van der Waals surface area contributed by atoms with E-state index in [2.05, 4.69) is 15.0 Å². The van der Waals surface area contributed by atoms with Crippen LogP contribution in [0.15, 0.2) is 28.7 Å². The second kappa shape index (κ2) is 6.02. The molecule has 2 aromatic heterocycles. The van der Waals surface area contributed by atoms with Gasteiger partial charge >= 0.3 is 5.97 Å². The molecule has 0 radical (unpaired) electrons. The van der Waals surface area contributed by atoms with Gasteiger partial charge in [0.15, 0.2) is 10.9 Å². The van der Waals surface area contributed by atoms with E-state index in [1.807, 2.05) is 0 Å². The summed E-state index contributed by atoms with van der Waals surface area (Å²) in [7, 11) is 1.29. The summed E-state index contributed by atoms with van der Waals surface area (Å²) < 4.78 is 10.1. The number of hydrogen-bond donors (Lipinski definition) is 1. The quantitative estimate of drug-likeness (QED) is 0.725. The Balaban J connectivity index is 1.84. The Kier molecular flexibility index (Phi) is 4.06. The number of aromatic nitrogens is 1. The molecule has 0 fully saturated rings. The number of aryl methyl sites for hydroxylation is 1. The number of carbonyl (C=O) groups is 2. The second-order valence-corrected chi connectivity index (χ2v) is 6.11. The van der Waals surface area contributed by atoms with Crippen molar-refractivity contribution in [2.45, 2.75) is 6.92 Å². The first kappa shape index (κ1) is 15.5. The topological polar surface area (TPSA) is 81.4 Å². The molecule has 1 N–H and O–H groups in total. The molecule has 0 spiro atoms. The van der Waals surface area contributed by atoms with Gasteiger partial charge in [-0.25, -0.2) is 9.78 Å². The van der Waals surface area contributed by atoms with Crippen molar-refractivity contribution >= 4 is 50.9 Å². The third-order valence-electron chi connectivity index (χ3n) is 3.09. The highest BCUT2D eigenvalue weighted by Crippen LogP contribution is 2.26. The Hall–Kier alpha value is -2.38. The lowest BCUT2D eigenvalue weighted by molar-refractivity contribution is 0.0605. The molecule has 0 unspecified atom stereocenters. The molecule has 0 aliphatic carbocycles. The fourth-order valence-corrected chi connectivity index (χ4v) is 3.08. The number of furan rings is 1. The maximum absolute atomic E-state index is 12.2. The molecule has 2 heterocycles. The van der Waals surface area contributed by atoms with Crippen molar-refractivity contribution in [3.05, 3.63) is 45.6 Å². The van der Waals surface area contributed by atoms with Crippen molar-refractivity contribution in [3.8, 4) is 0 Å². The number of nitrogens with zero attached hydrogens (tertiary/aromatic N) is 1. The summed E-state index contributed by atoms with van der Waals surface area (Å²) >= 11 is 6.95. The molecule has 0 atom stereocenters. The average Bonchev–Trinajstić information content (AvgIpc) is 3.09. The zero-order valence-corrected chi connectivity index (χ0v) is 13.7. The molecule has 1 amide bonds. The molecule has 0 bridgehead atoms. The lowest BCUT2D eigenvalue weighted by Gasteiger charge is -1.96. The van der Waals surface area contributed by atoms with E-state index >= 15 is 0 Å². The van der Waals surface area contributed by atoms with Gasteiger partial charge in [0.05, 0.1) is 12.8 Å². The van der Waals surface area contributed by atoms with Gasteiger partial charge in [-0.3, -0.25) is 10.1 Å². The van der Waals surface area contributed by atoms with Crippen molar-refractivity contribution < 1.29 is 18.7 Å². The van der Waals surface area contributed by atoms with Crippen molar-refractivity contribution in [1.82, 2.24) is 4.98 Å². The Labute approximate surface area is 140 Å². The molecule has 23 heavy (non-hydrogen) atoms. The predicted molar refractivity (Wildman–Crippen MR) is 87.4 cm³/mol. The molecule has 8 heteroatoms. The Morgan fingerprint density at radius 2 is 2.13 bits per heavy atom. The third-order valence-corrected chi connectivity index (χ3v) is 4.38. The molecule has 0 saturated heterocycles. The molecule has 0 saturated carbocycles. The number of amides is 1. The minimum absolute atomic E-state index is 0.134. The minimum atomic E-state index is -0.487. The number of hydrogen-bond acceptors (Lipinski definition) is 6. The van der Waals surface area contributed by atoms with E-state index in [4.69, 9.17) is 16.0 Å². The highest BCUT2D eigenvalue weighted by molar-refractivity contribution is 7.17. The molecule has 0 aliphatic rings. The normalized spacial score (nSPS) is 10.7. The van der Waals surface area contributed by atoms with Crippen LogP contribution in [0.5, 0.6) is 0 Å². The number of halogens is 1. The first-order valence-corrected chi connectivity index (χ1v) is 7.73. The smallest absolute Gasteiger partial charge is 0.350 e. The molecule has 6 nitrogen and oxygen atoms in total. The van der Waals surface area contributed by atoms with Gasteiger partial charge in [-0.1, -0.05) is 22.9 Å². The Bertz CT molecular complexity index is 915. The monoisotopic (exact) mass is 350 g/mol. The van der Waals surface area contributed by atoms with E-state index in [-0.39, 0.29) is 5.76 Å². The van der Waals surface area contributed by atoms with Crippen LogP contribution in [0.2, 0.25) is 5.02 Å². The highest BCUT2D eigenvalue weighted by Gasteiger charge is 2.19. The van der Waals surface area contributed by atoms with Gasteiger partial charge in [0, 0.05) is 10.4 Å². The number of rotatable bonds is 3. The molecule has 3 rings (SSSR count). The zero-order valence-electron chi connectivity index (χ0n) is 12.2. The molecular weight excluding hydrogens is 340 g/mol. The number of fused-ring (bicyclic) bond motifs is 1. The SMILES string of the molecule is COC(=O)c1sc(NC(=O)c2cc3cc(Cl)ccc3o2)nc1C. The average molecular weight is 351 g/mol. The Morgan fingerprint density at radius 3 is 2.87 bits per heavy atom. The first-order chi connectivity index (χ1) is 11.0. The summed E-state index contributed by atoms with van der Waals surface area (Å²) in [4.78, 5) is 28.3. The van der Waals surface area contributed by atoms with Crippen LogP contribution in [0, 0.1) is 6.92 Å². The van der Waals surface area contributed by atoms with Gasteiger partial charge in [0.2, 0.25) is 0 Å². The summed E-state index contributed by atoms with van der Waals surface area (Å²) in [5.74, 6) is -0.809. The standard InChI is InChI=1S/C15H11ClN2O4S/c1-7-12(14(20)21-2)23-15(17-7)18-13(19)11-6-8-5-9(16)3-4-10(8)22-11/h3-6H,1-2H3,(H,17,18,19). The fraction of sp³-hybridized carbons (Fsp3) is 0.133. The van der Waals surface area contributed by atoms with E-state index in [0.29, 0.717) is 26.3 Å². The summed E-state index contributed by atoms with van der Waals surface area (Å²) in [5, 5.41) is 4.19. The van der Waals surface area contributed by atoms with Crippen molar-refractivity contribution in [2.24, 2.45) is 0 Å². The fourth-order valence-electron chi connectivity index (χ4n) is 2.02. The maximum Gasteiger partial charge on any atom is 0.350 e. The molecule has 0 aliphatic heterocycles. The van der Waals surface area contributed by atoms with Crippen LogP contribution in [0.3, 0.4) is 0 Å².